The van der Waals surface area contributed by atoms with E-state index >= 15 is 0 Å². The number of nitrogens with one attached hydrogen (secondary N) is 2. The Hall–Kier alpha value is -0.440. The molecule has 8 heteroatoms. The Kier molecular flexibility index (Phi) is 5.37. The van der Waals surface area contributed by atoms with E-state index in [0.717, 1.165) is 25.7 Å². The maximum absolute atomic E-state index is 5.48. The fraction of sp³-hybridized carbons (Fsp3) is 0.273. The molecule has 2 N–H and O–H groups in total. The van der Waals surface area contributed by atoms with E-state index < -0.39 is 0 Å². The molecule has 5 nitrogen and oxygen atoms in total. The van der Waals surface area contributed by atoms with Crippen molar-refractivity contribution in [3.8, 4) is 0 Å². The van der Waals surface area contributed by atoms with Crippen molar-refractivity contribution in [3.05, 3.63) is 31.4 Å². The number of hydrogen-bond acceptors (Lipinski definition) is 5. The predicted molar refractivity (Wildman–Crippen MR) is 84.5 cm³/mol. The van der Waals surface area contributed by atoms with Gasteiger partial charge in [-0.1, -0.05) is 28.0 Å². The summed E-state index contributed by atoms with van der Waals surface area (Å²) in [6, 6.07) is 4.23. The highest BCUT2D eigenvalue weighted by Gasteiger charge is 2.11. The van der Waals surface area contributed by atoms with Crippen LogP contribution in [-0.4, -0.2) is 16.7 Å². The zero-order valence-corrected chi connectivity index (χ0v) is 14.8. The lowest BCUT2D eigenvalue weighted by atomic mass is 10.3. The SMILES string of the molecule is CCNCc1nnc(Nc2c(Br)cc(Br)cc2Br)o1. The first kappa shape index (κ1) is 15.0. The number of benzene rings is 1. The third-order valence-corrected chi connectivity index (χ3v) is 3.94. The Bertz CT molecular complexity index is 550. The van der Waals surface area contributed by atoms with Crippen LogP contribution in [0.1, 0.15) is 12.8 Å². The predicted octanol–water partition coefficient (Wildman–Crippen LogP) is 4.21. The van der Waals surface area contributed by atoms with Gasteiger partial charge in [0, 0.05) is 13.4 Å². The minimum Gasteiger partial charge on any atom is -0.406 e. The number of nitrogens with zero attached hydrogens (tertiary/aromatic N) is 2. The normalized spacial score (nSPS) is 10.7. The quantitative estimate of drug-likeness (QED) is 0.708. The molecule has 2 aromatic rings. The first-order chi connectivity index (χ1) is 9.10. The molecule has 0 bridgehead atoms. The zero-order valence-electron chi connectivity index (χ0n) is 10.0. The fourth-order valence-electron chi connectivity index (χ4n) is 1.38. The second-order valence-electron chi connectivity index (χ2n) is 3.65. The molecule has 1 aromatic carbocycles. The molecular formula is C11H11Br3N4O. The number of hydrogen-bond donors (Lipinski definition) is 2. The van der Waals surface area contributed by atoms with Gasteiger partial charge in [0.15, 0.2) is 0 Å². The van der Waals surface area contributed by atoms with Crippen molar-refractivity contribution in [1.82, 2.24) is 15.5 Å². The summed E-state index contributed by atoms with van der Waals surface area (Å²) in [5, 5.41) is 14.1. The lowest BCUT2D eigenvalue weighted by Crippen LogP contribution is -2.11. The van der Waals surface area contributed by atoms with Crippen molar-refractivity contribution < 1.29 is 4.42 Å². The summed E-state index contributed by atoms with van der Waals surface area (Å²) in [6.07, 6.45) is 0. The van der Waals surface area contributed by atoms with Gasteiger partial charge in [-0.2, -0.15) is 0 Å². The summed E-state index contributed by atoms with van der Waals surface area (Å²) in [5.74, 6) is 0.550. The van der Waals surface area contributed by atoms with Gasteiger partial charge in [-0.25, -0.2) is 0 Å². The average Bonchev–Trinajstić information content (AvgIpc) is 2.79. The Morgan fingerprint density at radius 1 is 1.16 bits per heavy atom. The summed E-state index contributed by atoms with van der Waals surface area (Å²) >= 11 is 10.4. The van der Waals surface area contributed by atoms with E-state index in [1.54, 1.807) is 0 Å². The molecule has 0 atom stereocenters. The summed E-state index contributed by atoms with van der Waals surface area (Å²) < 4.78 is 8.23. The maximum atomic E-state index is 5.48. The topological polar surface area (TPSA) is 63.0 Å². The molecule has 0 aliphatic carbocycles. The number of rotatable bonds is 5. The van der Waals surface area contributed by atoms with Crippen LogP contribution >= 0.6 is 47.8 Å². The minimum atomic E-state index is 0.358. The van der Waals surface area contributed by atoms with Crippen LogP contribution in [0.2, 0.25) is 0 Å². The van der Waals surface area contributed by atoms with Crippen molar-refractivity contribution >= 4 is 59.5 Å². The zero-order chi connectivity index (χ0) is 13.8. The molecule has 2 rings (SSSR count). The molecule has 1 heterocycles. The first-order valence-corrected chi connectivity index (χ1v) is 7.92. The van der Waals surface area contributed by atoms with Crippen LogP contribution in [0.3, 0.4) is 0 Å². The second-order valence-corrected chi connectivity index (χ2v) is 6.28. The second kappa shape index (κ2) is 6.83. The Morgan fingerprint density at radius 3 is 2.47 bits per heavy atom. The van der Waals surface area contributed by atoms with Crippen molar-refractivity contribution in [3.63, 3.8) is 0 Å². The molecule has 0 saturated heterocycles. The summed E-state index contributed by atoms with van der Waals surface area (Å²) in [4.78, 5) is 0. The molecule has 0 saturated carbocycles. The molecule has 1 aromatic heterocycles. The largest absolute Gasteiger partial charge is 0.406 e. The third-order valence-electron chi connectivity index (χ3n) is 2.23. The van der Waals surface area contributed by atoms with Crippen molar-refractivity contribution in [1.29, 1.82) is 0 Å². The lowest BCUT2D eigenvalue weighted by molar-refractivity contribution is 0.484. The molecule has 0 amide bonds. The number of aromatic nitrogens is 2. The molecule has 0 aliphatic rings. The van der Waals surface area contributed by atoms with E-state index in [4.69, 9.17) is 4.42 Å². The molecule has 0 aliphatic heterocycles. The smallest absolute Gasteiger partial charge is 0.320 e. The Morgan fingerprint density at radius 2 is 1.84 bits per heavy atom. The molecule has 0 unspecified atom stereocenters. The van der Waals surface area contributed by atoms with Gasteiger partial charge in [0.05, 0.1) is 12.2 Å². The number of halogens is 3. The lowest BCUT2D eigenvalue weighted by Gasteiger charge is -2.07. The molecule has 0 fully saturated rings. The molecule has 0 spiro atoms. The molecule has 19 heavy (non-hydrogen) atoms. The Balaban J connectivity index is 2.15. The fourth-order valence-corrected chi connectivity index (χ4v) is 3.83. The maximum Gasteiger partial charge on any atom is 0.320 e. The highest BCUT2D eigenvalue weighted by molar-refractivity contribution is 9.11. The van der Waals surface area contributed by atoms with Gasteiger partial charge >= 0.3 is 6.01 Å². The van der Waals surface area contributed by atoms with E-state index in [1.165, 1.54) is 0 Å². The summed E-state index contributed by atoms with van der Waals surface area (Å²) in [5.41, 5.74) is 0.835. The first-order valence-electron chi connectivity index (χ1n) is 5.54. The highest BCUT2D eigenvalue weighted by Crippen LogP contribution is 2.35. The third kappa shape index (κ3) is 4.01. The van der Waals surface area contributed by atoms with Crippen LogP contribution in [0.15, 0.2) is 30.0 Å². The van der Waals surface area contributed by atoms with E-state index in [9.17, 15) is 0 Å². The van der Waals surface area contributed by atoms with Crippen LogP contribution in [0, 0.1) is 0 Å². The van der Waals surface area contributed by atoms with Crippen LogP contribution in [-0.2, 0) is 6.54 Å². The van der Waals surface area contributed by atoms with Gasteiger partial charge in [-0.3, -0.25) is 0 Å². The number of anilines is 2. The molecular weight excluding hydrogens is 444 g/mol. The van der Waals surface area contributed by atoms with Crippen molar-refractivity contribution in [2.24, 2.45) is 0 Å². The monoisotopic (exact) mass is 452 g/mol. The van der Waals surface area contributed by atoms with Crippen LogP contribution in [0.25, 0.3) is 0 Å². The van der Waals surface area contributed by atoms with Gasteiger partial charge in [-0.15, -0.1) is 5.10 Å². The van der Waals surface area contributed by atoms with Crippen molar-refractivity contribution in [2.75, 3.05) is 11.9 Å². The molecule has 0 radical (unpaired) electrons. The van der Waals surface area contributed by atoms with E-state index in [2.05, 4.69) is 68.6 Å². The summed E-state index contributed by atoms with van der Waals surface area (Å²) in [6.45, 7) is 3.44. The highest BCUT2D eigenvalue weighted by atomic mass is 79.9. The van der Waals surface area contributed by atoms with Gasteiger partial charge < -0.3 is 15.1 Å². The van der Waals surface area contributed by atoms with Crippen LogP contribution in [0.4, 0.5) is 11.7 Å². The van der Waals surface area contributed by atoms with Crippen LogP contribution < -0.4 is 10.6 Å². The molecule has 102 valence electrons. The average molecular weight is 455 g/mol. The van der Waals surface area contributed by atoms with Crippen LogP contribution in [0.5, 0.6) is 0 Å². The van der Waals surface area contributed by atoms with Gasteiger partial charge in [0.25, 0.3) is 0 Å². The minimum absolute atomic E-state index is 0.358. The van der Waals surface area contributed by atoms with Gasteiger partial charge in [0.2, 0.25) is 5.89 Å². The van der Waals surface area contributed by atoms with Gasteiger partial charge in [-0.05, 0) is 50.5 Å². The van der Waals surface area contributed by atoms with E-state index in [1.807, 2.05) is 19.1 Å². The standard InChI is InChI=1S/C11H11Br3N4O/c1-2-15-5-9-17-18-11(19-9)16-10-7(13)3-6(12)4-8(10)14/h3-4,15H,2,5H2,1H3,(H,16,18). The van der Waals surface area contributed by atoms with E-state index in [-0.39, 0.29) is 0 Å². The summed E-state index contributed by atoms with van der Waals surface area (Å²) in [7, 11) is 0. The Labute approximate surface area is 135 Å². The van der Waals surface area contributed by atoms with E-state index in [0.29, 0.717) is 18.5 Å². The van der Waals surface area contributed by atoms with Gasteiger partial charge in [0.1, 0.15) is 0 Å². The van der Waals surface area contributed by atoms with Crippen molar-refractivity contribution in [2.45, 2.75) is 13.5 Å².